The van der Waals surface area contributed by atoms with Crippen LogP contribution in [0.1, 0.15) is 64.8 Å². The van der Waals surface area contributed by atoms with Gasteiger partial charge in [0.1, 0.15) is 24.2 Å². The molecule has 2 aromatic heterocycles. The summed E-state index contributed by atoms with van der Waals surface area (Å²) in [6.07, 6.45) is 5.63. The van der Waals surface area contributed by atoms with Crippen LogP contribution in [0, 0.1) is 11.8 Å². The maximum atomic E-state index is 13.6. The van der Waals surface area contributed by atoms with E-state index >= 15 is 0 Å². The Hall–Kier alpha value is -4.80. The van der Waals surface area contributed by atoms with Crippen LogP contribution in [-0.4, -0.2) is 95.9 Å². The second-order valence-corrected chi connectivity index (χ2v) is 11.6. The zero-order valence-corrected chi connectivity index (χ0v) is 26.4. The lowest BCUT2D eigenvalue weighted by atomic mass is 9.96. The highest BCUT2D eigenvalue weighted by Gasteiger charge is 2.34. The van der Waals surface area contributed by atoms with Crippen LogP contribution in [0.5, 0.6) is 0 Å². The summed E-state index contributed by atoms with van der Waals surface area (Å²) in [5.74, 6) is -5.93. The molecule has 17 heteroatoms. The van der Waals surface area contributed by atoms with Crippen molar-refractivity contribution in [3.63, 3.8) is 0 Å². The van der Waals surface area contributed by atoms with E-state index in [0.29, 0.717) is 17.8 Å². The lowest BCUT2D eigenvalue weighted by molar-refractivity contribution is -0.142. The first-order valence-corrected chi connectivity index (χ1v) is 15.1. The van der Waals surface area contributed by atoms with Crippen molar-refractivity contribution < 1.29 is 39.0 Å². The number of aromatic amines is 2. The third-order valence-electron chi connectivity index (χ3n) is 7.34. The summed E-state index contributed by atoms with van der Waals surface area (Å²) >= 11 is 0. The first kappa shape index (κ1) is 37.4. The van der Waals surface area contributed by atoms with Crippen LogP contribution in [-0.2, 0) is 41.6 Å². The van der Waals surface area contributed by atoms with Gasteiger partial charge in [-0.3, -0.25) is 24.0 Å². The molecule has 254 valence electrons. The van der Waals surface area contributed by atoms with Gasteiger partial charge in [-0.2, -0.15) is 0 Å². The largest absolute Gasteiger partial charge is 0.481 e. The second-order valence-electron chi connectivity index (χ2n) is 11.6. The van der Waals surface area contributed by atoms with Crippen molar-refractivity contribution in [2.75, 3.05) is 0 Å². The molecule has 2 aromatic rings. The molecule has 0 saturated heterocycles. The van der Waals surface area contributed by atoms with Crippen molar-refractivity contribution in [1.29, 1.82) is 0 Å². The third kappa shape index (κ3) is 12.3. The molecule has 0 aliphatic carbocycles. The molecule has 0 bridgehead atoms. The number of carbonyl (C=O) groups is 6. The van der Waals surface area contributed by atoms with Crippen LogP contribution in [0.25, 0.3) is 0 Å². The van der Waals surface area contributed by atoms with Crippen LogP contribution in [0.3, 0.4) is 0 Å². The Kier molecular flexibility index (Phi) is 14.8. The van der Waals surface area contributed by atoms with E-state index in [1.165, 1.54) is 25.0 Å². The van der Waals surface area contributed by atoms with Gasteiger partial charge in [-0.05, 0) is 24.7 Å². The summed E-state index contributed by atoms with van der Waals surface area (Å²) in [4.78, 5) is 89.6. The Morgan fingerprint density at radius 1 is 0.783 bits per heavy atom. The zero-order chi connectivity index (χ0) is 34.4. The molecule has 0 fully saturated rings. The summed E-state index contributed by atoms with van der Waals surface area (Å²) in [7, 11) is 0. The van der Waals surface area contributed by atoms with Gasteiger partial charge < -0.3 is 47.2 Å². The van der Waals surface area contributed by atoms with Crippen molar-refractivity contribution in [3.05, 3.63) is 36.4 Å². The first-order chi connectivity index (χ1) is 21.7. The van der Waals surface area contributed by atoms with Crippen LogP contribution < -0.4 is 27.0 Å². The summed E-state index contributed by atoms with van der Waals surface area (Å²) in [6, 6.07) is -6.02. The van der Waals surface area contributed by atoms with Gasteiger partial charge in [-0.25, -0.2) is 14.8 Å². The number of carboxylic acids is 2. The molecule has 0 saturated carbocycles. The summed E-state index contributed by atoms with van der Waals surface area (Å²) in [5, 5.41) is 29.1. The highest BCUT2D eigenvalue weighted by Crippen LogP contribution is 2.13. The number of amides is 4. The molecule has 17 nitrogen and oxygen atoms in total. The van der Waals surface area contributed by atoms with Crippen molar-refractivity contribution in [3.8, 4) is 0 Å². The molecule has 10 N–H and O–H groups in total. The predicted octanol–water partition coefficient (Wildman–Crippen LogP) is -0.774. The number of hydrogen-bond donors (Lipinski definition) is 9. The fraction of sp³-hybridized carbons (Fsp3) is 0.586. The molecule has 0 aliphatic heterocycles. The number of nitrogens with two attached hydrogens (primary N) is 1. The standard InChI is InChI=1S/C29H45N9O8/c1-5-16(4)24(28(44)37-22(29(45)46)10-18-12-32-14-34-18)38-27(43)21(8-15(2)3)36-26(42)20(6-7-23(39)40)35-25(41)19(30)9-17-11-31-13-33-17/h11-16,19-22,24H,5-10,30H2,1-4H3,(H,31,33)(H,32,34)(H,35,41)(H,36,42)(H,37,44)(H,38,43)(H,39,40)(H,45,46)/t16-,19-,20-,21-,22-,24-/m0/s1. The molecule has 46 heavy (non-hydrogen) atoms. The molecule has 2 heterocycles. The second kappa shape index (κ2) is 18.2. The Labute approximate surface area is 266 Å². The first-order valence-electron chi connectivity index (χ1n) is 15.1. The molecule has 0 aromatic carbocycles. The van der Waals surface area contributed by atoms with Gasteiger partial charge >= 0.3 is 11.9 Å². The molecule has 0 aliphatic rings. The van der Waals surface area contributed by atoms with Crippen molar-refractivity contribution >= 4 is 35.6 Å². The molecule has 2 rings (SSSR count). The maximum absolute atomic E-state index is 13.6. The van der Waals surface area contributed by atoms with E-state index in [0.717, 1.165) is 0 Å². The lowest BCUT2D eigenvalue weighted by Crippen LogP contribution is -2.60. The molecular weight excluding hydrogens is 602 g/mol. The normalized spacial score (nSPS) is 15.1. The van der Waals surface area contributed by atoms with Crippen molar-refractivity contribution in [1.82, 2.24) is 41.2 Å². The highest BCUT2D eigenvalue weighted by molar-refractivity contribution is 5.95. The average molecular weight is 648 g/mol. The fourth-order valence-electron chi connectivity index (χ4n) is 4.55. The molecular formula is C29H45N9O8. The number of rotatable bonds is 20. The number of carboxylic acid groups (broad SMARTS) is 2. The fourth-order valence-corrected chi connectivity index (χ4v) is 4.55. The van der Waals surface area contributed by atoms with Crippen LogP contribution in [0.2, 0.25) is 0 Å². The van der Waals surface area contributed by atoms with Crippen LogP contribution >= 0.6 is 0 Å². The van der Waals surface area contributed by atoms with E-state index < -0.39 is 78.1 Å². The maximum Gasteiger partial charge on any atom is 0.326 e. The van der Waals surface area contributed by atoms with Crippen LogP contribution in [0.4, 0.5) is 0 Å². The highest BCUT2D eigenvalue weighted by atomic mass is 16.4. The average Bonchev–Trinajstić information content (AvgIpc) is 3.70. The molecule has 0 spiro atoms. The number of aliphatic carboxylic acids is 2. The van der Waals surface area contributed by atoms with E-state index in [2.05, 4.69) is 41.2 Å². The van der Waals surface area contributed by atoms with E-state index in [1.54, 1.807) is 13.8 Å². The topological polar surface area (TPSA) is 274 Å². The Morgan fingerprint density at radius 3 is 1.83 bits per heavy atom. The molecule has 0 radical (unpaired) electrons. The minimum absolute atomic E-state index is 0.0662. The lowest BCUT2D eigenvalue weighted by Gasteiger charge is -2.29. The van der Waals surface area contributed by atoms with Gasteiger partial charge in [-0.1, -0.05) is 34.1 Å². The van der Waals surface area contributed by atoms with Crippen molar-refractivity contribution in [2.24, 2.45) is 17.6 Å². The van der Waals surface area contributed by atoms with Gasteiger partial charge in [0.15, 0.2) is 0 Å². The Morgan fingerprint density at radius 2 is 1.33 bits per heavy atom. The smallest absolute Gasteiger partial charge is 0.326 e. The van der Waals surface area contributed by atoms with Gasteiger partial charge in [0, 0.05) is 43.0 Å². The number of nitrogens with one attached hydrogen (secondary N) is 6. The van der Waals surface area contributed by atoms with E-state index in [-0.39, 0.29) is 31.6 Å². The van der Waals surface area contributed by atoms with Gasteiger partial charge in [0.25, 0.3) is 0 Å². The van der Waals surface area contributed by atoms with E-state index in [4.69, 9.17) is 5.73 Å². The third-order valence-corrected chi connectivity index (χ3v) is 7.34. The molecule has 4 amide bonds. The number of carbonyl (C=O) groups excluding carboxylic acids is 4. The summed E-state index contributed by atoms with van der Waals surface area (Å²) in [6.45, 7) is 7.15. The summed E-state index contributed by atoms with van der Waals surface area (Å²) < 4.78 is 0. The number of imidazole rings is 2. The quantitative estimate of drug-likeness (QED) is 0.0860. The van der Waals surface area contributed by atoms with Crippen molar-refractivity contribution in [2.45, 2.75) is 96.4 Å². The number of hydrogen-bond acceptors (Lipinski definition) is 9. The monoisotopic (exact) mass is 647 g/mol. The number of nitrogens with zero attached hydrogens (tertiary/aromatic N) is 2. The van der Waals surface area contributed by atoms with Gasteiger partial charge in [0.05, 0.1) is 18.7 Å². The van der Waals surface area contributed by atoms with Gasteiger partial charge in [0.2, 0.25) is 23.6 Å². The molecule has 6 atom stereocenters. The Balaban J connectivity index is 2.20. The van der Waals surface area contributed by atoms with E-state index in [1.807, 2.05) is 13.8 Å². The Bertz CT molecular complexity index is 1300. The van der Waals surface area contributed by atoms with E-state index in [9.17, 15) is 39.0 Å². The molecule has 0 unspecified atom stereocenters. The zero-order valence-electron chi connectivity index (χ0n) is 26.4. The number of aromatic nitrogens is 4. The SMILES string of the molecule is CC[C@H](C)[C@H](NC(=O)[C@H](CC(C)C)NC(=O)[C@H](CCC(=O)O)NC(=O)[C@@H](N)Cc1cnc[nH]1)C(=O)N[C@@H](Cc1cnc[nH]1)C(=O)O. The minimum atomic E-state index is -1.33. The number of H-pyrrole nitrogens is 2. The minimum Gasteiger partial charge on any atom is -0.481 e. The van der Waals surface area contributed by atoms with Gasteiger partial charge in [-0.15, -0.1) is 0 Å². The predicted molar refractivity (Wildman–Crippen MR) is 164 cm³/mol. The van der Waals surface area contributed by atoms with Crippen LogP contribution in [0.15, 0.2) is 25.0 Å². The summed E-state index contributed by atoms with van der Waals surface area (Å²) in [5.41, 5.74) is 7.06.